The van der Waals surface area contributed by atoms with Crippen molar-refractivity contribution in [2.24, 2.45) is 0 Å². The highest BCUT2D eigenvalue weighted by Gasteiger charge is 2.20. The summed E-state index contributed by atoms with van der Waals surface area (Å²) in [5.41, 5.74) is 3.70. The lowest BCUT2D eigenvalue weighted by Gasteiger charge is -2.30. The van der Waals surface area contributed by atoms with Gasteiger partial charge in [0.05, 0.1) is 0 Å². The molecule has 2 aliphatic heterocycles. The Hall–Kier alpha value is -3.02. The summed E-state index contributed by atoms with van der Waals surface area (Å²) < 4.78 is 0. The molecule has 0 aliphatic carbocycles. The van der Waals surface area contributed by atoms with Crippen molar-refractivity contribution < 1.29 is 5.71 Å². The number of benzene rings is 2. The molecule has 0 amide bonds. The van der Waals surface area contributed by atoms with Crippen LogP contribution in [0.5, 0.6) is 0 Å². The third-order valence-corrected chi connectivity index (χ3v) is 6.43. The fourth-order valence-electron chi connectivity index (χ4n) is 4.65. The van der Waals surface area contributed by atoms with Crippen LogP contribution in [0.3, 0.4) is 0 Å². The SMILES string of the molecule is Cl.N.N.N.N.[HH].[HH].[HH].[HH].c1ccc(-c2ccccc2CNc2nc(N3CCCCC3)nc(N3CCCCC3)n2)cc1. The Balaban J connectivity index is -0.000000480. The third kappa shape index (κ3) is 8.51. The summed E-state index contributed by atoms with van der Waals surface area (Å²) in [6.45, 7) is 4.78. The van der Waals surface area contributed by atoms with E-state index in [0.717, 1.165) is 38.1 Å². The number of piperidine rings is 2. The molecule has 37 heavy (non-hydrogen) atoms. The highest BCUT2D eigenvalue weighted by molar-refractivity contribution is 5.85. The summed E-state index contributed by atoms with van der Waals surface area (Å²) >= 11 is 0. The van der Waals surface area contributed by atoms with Crippen molar-refractivity contribution in [2.45, 2.75) is 45.1 Å². The number of halogens is 1. The van der Waals surface area contributed by atoms with E-state index in [9.17, 15) is 0 Å². The summed E-state index contributed by atoms with van der Waals surface area (Å²) in [5.74, 6) is 2.31. The molecule has 2 saturated heterocycles. The number of rotatable bonds is 6. The second kappa shape index (κ2) is 16.7. The van der Waals surface area contributed by atoms with E-state index in [1.54, 1.807) is 0 Å². The van der Waals surface area contributed by atoms with Gasteiger partial charge in [-0.25, -0.2) is 0 Å². The molecule has 2 aromatic carbocycles. The lowest BCUT2D eigenvalue weighted by molar-refractivity contribution is 0.556. The molecule has 0 radical (unpaired) electrons. The first kappa shape index (κ1) is 34.0. The summed E-state index contributed by atoms with van der Waals surface area (Å²) in [6, 6.07) is 19.1. The fourth-order valence-corrected chi connectivity index (χ4v) is 4.65. The molecule has 214 valence electrons. The Kier molecular flexibility index (Phi) is 15.3. The summed E-state index contributed by atoms with van der Waals surface area (Å²) in [4.78, 5) is 19.2. The standard InChI is InChI=1S/C26H32N6.ClH.4H3N.4H2/c1-4-12-21(13-5-1)23-15-7-6-14-22(23)20-27-24-28-25(31-16-8-2-9-17-31)30-26(29-24)32-18-10-3-11-19-32;;;;;;;;;/h1,4-7,12-15H,2-3,8-11,16-20H2,(H,27,28,29,30);1H;4*1H3;4*1H. The van der Waals surface area contributed by atoms with Crippen LogP contribution < -0.4 is 39.7 Å². The van der Waals surface area contributed by atoms with Gasteiger partial charge < -0.3 is 39.7 Å². The number of aromatic nitrogens is 3. The van der Waals surface area contributed by atoms with E-state index in [1.165, 1.54) is 55.2 Å². The molecule has 0 bridgehead atoms. The van der Waals surface area contributed by atoms with Crippen molar-refractivity contribution in [3.63, 3.8) is 0 Å². The number of nitrogens with zero attached hydrogens (tertiary/aromatic N) is 5. The van der Waals surface area contributed by atoms with Gasteiger partial charge in [-0.15, -0.1) is 12.4 Å². The van der Waals surface area contributed by atoms with E-state index in [-0.39, 0.29) is 42.7 Å². The van der Waals surface area contributed by atoms with Crippen molar-refractivity contribution in [2.75, 3.05) is 41.3 Å². The minimum Gasteiger partial charge on any atom is -0.350 e. The van der Waals surface area contributed by atoms with E-state index in [4.69, 9.17) is 15.0 Å². The minimum absolute atomic E-state index is 0. The van der Waals surface area contributed by atoms with Gasteiger partial charge in [-0.1, -0.05) is 54.6 Å². The number of nitrogens with one attached hydrogen (secondary N) is 1. The molecule has 0 atom stereocenters. The molecule has 0 saturated carbocycles. The minimum atomic E-state index is 0. The molecule has 1 aromatic heterocycles. The maximum atomic E-state index is 4.89. The lowest BCUT2D eigenvalue weighted by Crippen LogP contribution is -2.34. The zero-order chi connectivity index (χ0) is 21.6. The maximum absolute atomic E-state index is 4.89. The van der Waals surface area contributed by atoms with E-state index in [0.29, 0.717) is 12.5 Å². The van der Waals surface area contributed by atoms with Crippen LogP contribution in [0.4, 0.5) is 17.8 Å². The predicted molar refractivity (Wildman–Crippen MR) is 167 cm³/mol. The summed E-state index contributed by atoms with van der Waals surface area (Å²) in [7, 11) is 0. The smallest absolute Gasteiger partial charge is 0.231 e. The van der Waals surface area contributed by atoms with Crippen LogP contribution in [0.15, 0.2) is 54.6 Å². The number of hydrogen-bond acceptors (Lipinski definition) is 10. The molecular weight excluding hydrogens is 488 g/mol. The van der Waals surface area contributed by atoms with Gasteiger partial charge in [0.2, 0.25) is 17.8 Å². The molecule has 5 rings (SSSR count). The van der Waals surface area contributed by atoms with Gasteiger partial charge in [0.1, 0.15) is 0 Å². The van der Waals surface area contributed by atoms with E-state index in [1.807, 2.05) is 0 Å². The van der Waals surface area contributed by atoms with Crippen LogP contribution in [0.1, 0.15) is 49.8 Å². The topological polar surface area (TPSA) is 197 Å². The van der Waals surface area contributed by atoms with Crippen molar-refractivity contribution in [1.82, 2.24) is 39.6 Å². The van der Waals surface area contributed by atoms with Crippen LogP contribution >= 0.6 is 12.4 Å². The highest BCUT2D eigenvalue weighted by Crippen LogP contribution is 2.26. The van der Waals surface area contributed by atoms with Gasteiger partial charge in [-0.05, 0) is 55.2 Å². The molecular formula is C26H53ClN10. The van der Waals surface area contributed by atoms with Gasteiger partial charge in [-0.2, -0.15) is 15.0 Å². The van der Waals surface area contributed by atoms with Crippen molar-refractivity contribution in [3.05, 3.63) is 60.2 Å². The first-order valence-corrected chi connectivity index (χ1v) is 12.0. The zero-order valence-corrected chi connectivity index (χ0v) is 22.8. The summed E-state index contributed by atoms with van der Waals surface area (Å²) in [6.07, 6.45) is 7.41. The Labute approximate surface area is 233 Å². The van der Waals surface area contributed by atoms with Crippen molar-refractivity contribution in [3.8, 4) is 11.1 Å². The molecule has 2 fully saturated rings. The van der Waals surface area contributed by atoms with E-state index >= 15 is 0 Å². The van der Waals surface area contributed by atoms with Crippen LogP contribution in [0.2, 0.25) is 0 Å². The van der Waals surface area contributed by atoms with Crippen LogP contribution in [0, 0.1) is 0 Å². The maximum Gasteiger partial charge on any atom is 0.231 e. The van der Waals surface area contributed by atoms with E-state index < -0.39 is 0 Å². The monoisotopic (exact) mass is 540 g/mol. The average molecular weight is 541 g/mol. The largest absolute Gasteiger partial charge is 0.350 e. The molecule has 0 spiro atoms. The molecule has 11 heteroatoms. The number of hydrogen-bond donors (Lipinski definition) is 5. The normalized spacial score (nSPS) is 14.5. The van der Waals surface area contributed by atoms with Gasteiger partial charge in [0.15, 0.2) is 0 Å². The molecule has 3 aromatic rings. The van der Waals surface area contributed by atoms with Crippen molar-refractivity contribution in [1.29, 1.82) is 0 Å². The fraction of sp³-hybridized carbons (Fsp3) is 0.423. The Morgan fingerprint density at radius 3 is 1.65 bits per heavy atom. The van der Waals surface area contributed by atoms with Gasteiger partial charge >= 0.3 is 0 Å². The first-order chi connectivity index (χ1) is 15.9. The van der Waals surface area contributed by atoms with Gasteiger partial charge in [0.25, 0.3) is 0 Å². The Morgan fingerprint density at radius 1 is 0.622 bits per heavy atom. The lowest BCUT2D eigenvalue weighted by atomic mass is 10.00. The Bertz CT molecular complexity index is 1010. The van der Waals surface area contributed by atoms with Crippen LogP contribution in [0.25, 0.3) is 11.1 Å². The third-order valence-electron chi connectivity index (χ3n) is 6.43. The second-order valence-electron chi connectivity index (χ2n) is 8.73. The molecule has 13 N–H and O–H groups in total. The first-order valence-electron chi connectivity index (χ1n) is 12.0. The molecule has 2 aliphatic rings. The predicted octanol–water partition coefficient (Wildman–Crippen LogP) is 7.19. The van der Waals surface area contributed by atoms with Crippen molar-refractivity contribution >= 4 is 30.3 Å². The van der Waals surface area contributed by atoms with Gasteiger partial charge in [-0.3, -0.25) is 0 Å². The highest BCUT2D eigenvalue weighted by atomic mass is 35.5. The second-order valence-corrected chi connectivity index (χ2v) is 8.73. The van der Waals surface area contributed by atoms with Gasteiger partial charge in [0, 0.05) is 38.4 Å². The van der Waals surface area contributed by atoms with Crippen LogP contribution in [-0.2, 0) is 6.54 Å². The van der Waals surface area contributed by atoms with Crippen LogP contribution in [-0.4, -0.2) is 41.1 Å². The average Bonchev–Trinajstić information content (AvgIpc) is 2.89. The quantitative estimate of drug-likeness (QED) is 0.213. The zero-order valence-electron chi connectivity index (χ0n) is 21.9. The molecule has 0 unspecified atom stereocenters. The molecule has 3 heterocycles. The number of anilines is 3. The molecule has 10 nitrogen and oxygen atoms in total. The Morgan fingerprint density at radius 2 is 1.11 bits per heavy atom. The van der Waals surface area contributed by atoms with E-state index in [2.05, 4.69) is 69.7 Å². The summed E-state index contributed by atoms with van der Waals surface area (Å²) in [5, 5.41) is 3.51.